The van der Waals surface area contributed by atoms with E-state index in [-0.39, 0.29) is 5.76 Å². The molecule has 0 aliphatic heterocycles. The first-order chi connectivity index (χ1) is 4.74. The van der Waals surface area contributed by atoms with Crippen molar-refractivity contribution in [1.82, 2.24) is 0 Å². The third-order valence-electron chi connectivity index (χ3n) is 0.995. The maximum atomic E-state index is 10.1. The molecule has 0 aliphatic rings. The van der Waals surface area contributed by atoms with Crippen LogP contribution >= 0.6 is 15.9 Å². The average Bonchev–Trinajstić information content (AvgIpc) is 2.34. The van der Waals surface area contributed by atoms with E-state index in [1.807, 2.05) is 0 Å². The molecule has 54 valence electrons. The summed E-state index contributed by atoms with van der Waals surface area (Å²) in [6, 6.07) is 2.95. The summed E-state index contributed by atoms with van der Waals surface area (Å²) in [7, 11) is 0. The molecular formula is C6H4BrO3-. The predicted molar refractivity (Wildman–Crippen MR) is 35.7 cm³/mol. The van der Waals surface area contributed by atoms with Gasteiger partial charge in [-0.2, -0.15) is 0 Å². The molecule has 0 aromatic carbocycles. The summed E-state index contributed by atoms with van der Waals surface area (Å²) >= 11 is 3.11. The van der Waals surface area contributed by atoms with E-state index in [1.165, 1.54) is 6.07 Å². The van der Waals surface area contributed by atoms with Crippen LogP contribution in [0.2, 0.25) is 0 Å². The first-order valence-corrected chi connectivity index (χ1v) is 3.72. The van der Waals surface area contributed by atoms with Crippen molar-refractivity contribution in [3.8, 4) is 0 Å². The summed E-state index contributed by atoms with van der Waals surface area (Å²) in [5.41, 5.74) is 0. The molecule has 0 spiro atoms. The van der Waals surface area contributed by atoms with Gasteiger partial charge in [0.15, 0.2) is 0 Å². The Morgan fingerprint density at radius 2 is 2.40 bits per heavy atom. The number of aromatic carboxylic acids is 1. The lowest BCUT2D eigenvalue weighted by atomic mass is 10.4. The van der Waals surface area contributed by atoms with Gasteiger partial charge in [0.05, 0.1) is 5.33 Å². The molecule has 3 nitrogen and oxygen atoms in total. The minimum Gasteiger partial charge on any atom is -0.542 e. The number of rotatable bonds is 2. The van der Waals surface area contributed by atoms with E-state index in [4.69, 9.17) is 4.42 Å². The predicted octanol–water partition coefficient (Wildman–Crippen LogP) is 0.538. The number of hydrogen-bond donors (Lipinski definition) is 0. The van der Waals surface area contributed by atoms with Gasteiger partial charge >= 0.3 is 0 Å². The minimum absolute atomic E-state index is 0.130. The quantitative estimate of drug-likeness (QED) is 0.660. The van der Waals surface area contributed by atoms with E-state index in [0.29, 0.717) is 11.1 Å². The van der Waals surface area contributed by atoms with Crippen LogP contribution in [0.1, 0.15) is 16.3 Å². The third-order valence-corrected chi connectivity index (χ3v) is 1.55. The number of halogens is 1. The minimum atomic E-state index is -1.28. The number of carbonyl (C=O) groups excluding carboxylic acids is 1. The van der Waals surface area contributed by atoms with E-state index < -0.39 is 5.97 Å². The fraction of sp³-hybridized carbons (Fsp3) is 0.167. The SMILES string of the molecule is O=C([O-])c1ccc(CBr)o1. The molecule has 0 saturated carbocycles. The van der Waals surface area contributed by atoms with Crippen LogP contribution in [0.4, 0.5) is 0 Å². The Labute approximate surface area is 65.8 Å². The number of carbonyl (C=O) groups is 1. The zero-order valence-electron chi connectivity index (χ0n) is 4.96. The van der Waals surface area contributed by atoms with Gasteiger partial charge in [0.25, 0.3) is 0 Å². The largest absolute Gasteiger partial charge is 0.542 e. The molecule has 1 aromatic heterocycles. The highest BCUT2D eigenvalue weighted by molar-refractivity contribution is 9.08. The van der Waals surface area contributed by atoms with Gasteiger partial charge in [-0.3, -0.25) is 0 Å². The summed E-state index contributed by atoms with van der Waals surface area (Å²) in [6.45, 7) is 0. The van der Waals surface area contributed by atoms with E-state index in [1.54, 1.807) is 6.07 Å². The second-order valence-corrected chi connectivity index (χ2v) is 2.25. The number of hydrogen-bond acceptors (Lipinski definition) is 3. The van der Waals surface area contributed by atoms with Crippen LogP contribution in [-0.2, 0) is 5.33 Å². The zero-order chi connectivity index (χ0) is 7.56. The molecule has 10 heavy (non-hydrogen) atoms. The van der Waals surface area contributed by atoms with Crippen LogP contribution < -0.4 is 5.11 Å². The Balaban J connectivity index is 2.88. The molecule has 0 fully saturated rings. The van der Waals surface area contributed by atoms with E-state index in [9.17, 15) is 9.90 Å². The second-order valence-electron chi connectivity index (χ2n) is 1.69. The molecule has 1 aromatic rings. The average molecular weight is 204 g/mol. The van der Waals surface area contributed by atoms with Gasteiger partial charge in [0, 0.05) is 0 Å². The summed E-state index contributed by atoms with van der Waals surface area (Å²) in [6.07, 6.45) is 0. The molecule has 0 aliphatic carbocycles. The van der Waals surface area contributed by atoms with Crippen molar-refractivity contribution >= 4 is 21.9 Å². The monoisotopic (exact) mass is 203 g/mol. The van der Waals surface area contributed by atoms with Crippen molar-refractivity contribution in [1.29, 1.82) is 0 Å². The molecule has 0 atom stereocenters. The van der Waals surface area contributed by atoms with E-state index >= 15 is 0 Å². The van der Waals surface area contributed by atoms with Gasteiger partial charge in [0.1, 0.15) is 17.5 Å². The zero-order valence-corrected chi connectivity index (χ0v) is 6.55. The summed E-state index contributed by atoms with van der Waals surface area (Å²) in [5, 5.41) is 10.6. The molecule has 0 bridgehead atoms. The van der Waals surface area contributed by atoms with Crippen LogP contribution in [-0.4, -0.2) is 5.97 Å². The number of furan rings is 1. The van der Waals surface area contributed by atoms with Crippen LogP contribution in [0.5, 0.6) is 0 Å². The third kappa shape index (κ3) is 1.39. The van der Waals surface area contributed by atoms with Gasteiger partial charge in [-0.25, -0.2) is 0 Å². The number of carboxylic acid groups (broad SMARTS) is 1. The number of alkyl halides is 1. The molecule has 4 heteroatoms. The fourth-order valence-electron chi connectivity index (χ4n) is 0.559. The van der Waals surface area contributed by atoms with E-state index in [0.717, 1.165) is 0 Å². The molecule has 0 saturated heterocycles. The molecule has 0 amide bonds. The molecule has 0 N–H and O–H groups in total. The Hall–Kier alpha value is -0.770. The molecular weight excluding hydrogens is 200 g/mol. The summed E-state index contributed by atoms with van der Waals surface area (Å²) < 4.78 is 4.79. The van der Waals surface area contributed by atoms with Crippen molar-refractivity contribution in [3.05, 3.63) is 23.7 Å². The Morgan fingerprint density at radius 3 is 2.70 bits per heavy atom. The summed E-state index contributed by atoms with van der Waals surface area (Å²) in [5.74, 6) is -0.833. The summed E-state index contributed by atoms with van der Waals surface area (Å²) in [4.78, 5) is 10.1. The van der Waals surface area contributed by atoms with Crippen molar-refractivity contribution in [2.45, 2.75) is 5.33 Å². The molecule has 1 heterocycles. The lowest BCUT2D eigenvalue weighted by molar-refractivity contribution is -0.257. The van der Waals surface area contributed by atoms with Crippen molar-refractivity contribution in [2.24, 2.45) is 0 Å². The second kappa shape index (κ2) is 2.88. The Kier molecular flexibility index (Phi) is 2.11. The van der Waals surface area contributed by atoms with Crippen LogP contribution in [0.25, 0.3) is 0 Å². The van der Waals surface area contributed by atoms with Crippen molar-refractivity contribution < 1.29 is 14.3 Å². The topological polar surface area (TPSA) is 53.3 Å². The smallest absolute Gasteiger partial charge is 0.149 e. The molecule has 0 unspecified atom stereocenters. The van der Waals surface area contributed by atoms with Crippen LogP contribution in [0.3, 0.4) is 0 Å². The highest BCUT2D eigenvalue weighted by Gasteiger charge is 1.99. The lowest BCUT2D eigenvalue weighted by Crippen LogP contribution is -2.21. The molecule has 1 rings (SSSR count). The van der Waals surface area contributed by atoms with Gasteiger partial charge in [-0.15, -0.1) is 0 Å². The first-order valence-electron chi connectivity index (χ1n) is 2.60. The van der Waals surface area contributed by atoms with E-state index in [2.05, 4.69) is 15.9 Å². The highest BCUT2D eigenvalue weighted by atomic mass is 79.9. The normalized spacial score (nSPS) is 9.70. The van der Waals surface area contributed by atoms with Gasteiger partial charge in [0.2, 0.25) is 0 Å². The number of carboxylic acids is 1. The lowest BCUT2D eigenvalue weighted by Gasteiger charge is -1.93. The van der Waals surface area contributed by atoms with Gasteiger partial charge in [-0.1, -0.05) is 15.9 Å². The van der Waals surface area contributed by atoms with Crippen molar-refractivity contribution in [2.75, 3.05) is 0 Å². The van der Waals surface area contributed by atoms with Gasteiger partial charge < -0.3 is 14.3 Å². The van der Waals surface area contributed by atoms with Crippen molar-refractivity contribution in [3.63, 3.8) is 0 Å². The van der Waals surface area contributed by atoms with Crippen LogP contribution in [0, 0.1) is 0 Å². The maximum absolute atomic E-state index is 10.1. The van der Waals surface area contributed by atoms with Crippen LogP contribution in [0.15, 0.2) is 16.5 Å². The maximum Gasteiger partial charge on any atom is 0.149 e. The Bertz CT molecular complexity index is 241. The highest BCUT2D eigenvalue weighted by Crippen LogP contribution is 2.09. The Morgan fingerprint density at radius 1 is 1.70 bits per heavy atom. The fourth-order valence-corrected chi connectivity index (χ4v) is 0.861. The molecule has 0 radical (unpaired) electrons. The first kappa shape index (κ1) is 7.34. The van der Waals surface area contributed by atoms with Gasteiger partial charge in [-0.05, 0) is 12.1 Å². The standard InChI is InChI=1S/C6H5BrO3/c7-3-4-1-2-5(10-4)6(8)9/h1-2H,3H2,(H,8,9)/p-1.